The van der Waals surface area contributed by atoms with E-state index < -0.39 is 0 Å². The molecule has 0 amide bonds. The van der Waals surface area contributed by atoms with E-state index in [1.165, 1.54) is 55.8 Å². The van der Waals surface area contributed by atoms with E-state index in [9.17, 15) is 0 Å². The zero-order chi connectivity index (χ0) is 24.1. The molecule has 2 heterocycles. The van der Waals surface area contributed by atoms with Crippen LogP contribution < -0.4 is 5.73 Å². The van der Waals surface area contributed by atoms with E-state index in [4.69, 9.17) is 5.73 Å². The highest BCUT2D eigenvalue weighted by atomic mass is 15.3. The second kappa shape index (κ2) is 14.1. The molecule has 186 valence electrons. The van der Waals surface area contributed by atoms with Gasteiger partial charge in [-0.15, -0.1) is 0 Å². The lowest BCUT2D eigenvalue weighted by Gasteiger charge is -2.35. The summed E-state index contributed by atoms with van der Waals surface area (Å²) in [5.74, 6) is 0.352. The number of pyridine rings is 1. The molecule has 2 aromatic carbocycles. The lowest BCUT2D eigenvalue weighted by molar-refractivity contribution is 0.125. The summed E-state index contributed by atoms with van der Waals surface area (Å²) < 4.78 is 0. The molecule has 0 unspecified atom stereocenters. The van der Waals surface area contributed by atoms with E-state index >= 15 is 0 Å². The average molecular weight is 472 g/mol. The number of nitrogens with two attached hydrogens (primary N) is 1. The average Bonchev–Trinajstić information content (AvgIpc) is 2.92. The molecule has 1 aromatic heterocycles. The third-order valence-electron chi connectivity index (χ3n) is 7.09. The molecule has 5 heteroatoms. The van der Waals surface area contributed by atoms with E-state index in [1.54, 1.807) is 0 Å². The highest BCUT2D eigenvalue weighted by Gasteiger charge is 2.20. The van der Waals surface area contributed by atoms with Gasteiger partial charge in [0.05, 0.1) is 0 Å². The third kappa shape index (κ3) is 8.25. The maximum atomic E-state index is 5.69. The topological polar surface area (TPSA) is 48.6 Å². The Hall–Kier alpha value is -2.57. The van der Waals surface area contributed by atoms with E-state index in [0.29, 0.717) is 5.92 Å². The summed E-state index contributed by atoms with van der Waals surface area (Å²) in [7, 11) is 0. The zero-order valence-electron chi connectivity index (χ0n) is 21.0. The summed E-state index contributed by atoms with van der Waals surface area (Å²) in [6.07, 6.45) is 6.10. The Morgan fingerprint density at radius 2 is 1.29 bits per heavy atom. The first-order valence-corrected chi connectivity index (χ1v) is 13.2. The van der Waals surface area contributed by atoms with Crippen LogP contribution in [0.1, 0.15) is 35.4 Å². The van der Waals surface area contributed by atoms with Gasteiger partial charge < -0.3 is 15.5 Å². The summed E-state index contributed by atoms with van der Waals surface area (Å²) in [5, 5.41) is 0. The maximum Gasteiger partial charge on any atom is 0.0271 e. The van der Waals surface area contributed by atoms with E-state index in [2.05, 4.69) is 92.5 Å². The minimum Gasteiger partial charge on any atom is -0.330 e. The number of aromatic nitrogens is 1. The van der Waals surface area contributed by atoms with Crippen molar-refractivity contribution in [3.05, 3.63) is 102 Å². The summed E-state index contributed by atoms with van der Waals surface area (Å²) in [6, 6.07) is 26.2. The largest absolute Gasteiger partial charge is 0.330 e. The van der Waals surface area contributed by atoms with Crippen LogP contribution in [0.3, 0.4) is 0 Å². The van der Waals surface area contributed by atoms with Crippen molar-refractivity contribution in [1.82, 2.24) is 19.7 Å². The van der Waals surface area contributed by atoms with Crippen LogP contribution >= 0.6 is 0 Å². The number of rotatable bonds is 13. The van der Waals surface area contributed by atoms with Crippen molar-refractivity contribution in [3.63, 3.8) is 0 Å². The summed E-state index contributed by atoms with van der Waals surface area (Å²) in [4.78, 5) is 12.1. The molecule has 0 atom stereocenters. The number of nitrogens with zero attached hydrogens (tertiary/aromatic N) is 4. The standard InChI is InChI=1S/C30H41N5/c31-15-7-18-33-21-23-34(24-22-33)19-8-20-35(25-27-13-16-32-17-14-27)26-30(28-9-3-1-4-10-28)29-11-5-2-6-12-29/h1-6,9-14,16-17,30H,7-8,15,18-26,31H2. The van der Waals surface area contributed by atoms with Gasteiger partial charge in [-0.2, -0.15) is 0 Å². The van der Waals surface area contributed by atoms with Crippen molar-refractivity contribution in [1.29, 1.82) is 0 Å². The lowest BCUT2D eigenvalue weighted by Crippen LogP contribution is -2.47. The Labute approximate surface area is 211 Å². The molecule has 5 nitrogen and oxygen atoms in total. The minimum absolute atomic E-state index is 0.352. The molecule has 0 radical (unpaired) electrons. The van der Waals surface area contributed by atoms with Crippen molar-refractivity contribution in [2.24, 2.45) is 5.73 Å². The van der Waals surface area contributed by atoms with Crippen molar-refractivity contribution in [2.75, 3.05) is 58.9 Å². The Balaban J connectivity index is 1.39. The molecular formula is C30H41N5. The van der Waals surface area contributed by atoms with Gasteiger partial charge in [-0.1, -0.05) is 60.7 Å². The zero-order valence-corrected chi connectivity index (χ0v) is 21.0. The Kier molecular flexibility index (Phi) is 10.3. The molecule has 0 spiro atoms. The Bertz CT molecular complexity index is 903. The molecule has 0 bridgehead atoms. The predicted molar refractivity (Wildman–Crippen MR) is 145 cm³/mol. The fraction of sp³-hybridized carbons (Fsp3) is 0.433. The van der Waals surface area contributed by atoms with Gasteiger partial charge in [0.2, 0.25) is 0 Å². The van der Waals surface area contributed by atoms with Gasteiger partial charge in [0.25, 0.3) is 0 Å². The molecule has 0 saturated carbocycles. The normalized spacial score (nSPS) is 15.2. The number of piperazine rings is 1. The van der Waals surface area contributed by atoms with Gasteiger partial charge in [0.15, 0.2) is 0 Å². The Morgan fingerprint density at radius 1 is 0.743 bits per heavy atom. The molecule has 35 heavy (non-hydrogen) atoms. The fourth-order valence-electron chi connectivity index (χ4n) is 5.08. The van der Waals surface area contributed by atoms with E-state index in [1.807, 2.05) is 12.4 Å². The van der Waals surface area contributed by atoms with E-state index in [-0.39, 0.29) is 0 Å². The Morgan fingerprint density at radius 3 is 1.83 bits per heavy atom. The molecule has 1 saturated heterocycles. The van der Waals surface area contributed by atoms with Gasteiger partial charge in [-0.3, -0.25) is 9.88 Å². The summed E-state index contributed by atoms with van der Waals surface area (Å²) in [5.41, 5.74) is 9.78. The third-order valence-corrected chi connectivity index (χ3v) is 7.09. The first kappa shape index (κ1) is 25.5. The lowest BCUT2D eigenvalue weighted by atomic mass is 9.90. The van der Waals surface area contributed by atoms with Crippen LogP contribution in [-0.2, 0) is 6.54 Å². The quantitative estimate of drug-likeness (QED) is 0.407. The van der Waals surface area contributed by atoms with E-state index in [0.717, 1.165) is 39.1 Å². The summed E-state index contributed by atoms with van der Waals surface area (Å²) in [6.45, 7) is 10.8. The molecule has 2 N–H and O–H groups in total. The SMILES string of the molecule is NCCCN1CCN(CCCN(Cc2ccncc2)CC(c2ccccc2)c2ccccc2)CC1. The van der Waals surface area contributed by atoms with Crippen LogP contribution in [0.5, 0.6) is 0 Å². The van der Waals surface area contributed by atoms with Gasteiger partial charge in [0, 0.05) is 57.6 Å². The van der Waals surface area contributed by atoms with Crippen LogP contribution in [0.15, 0.2) is 85.2 Å². The minimum atomic E-state index is 0.352. The molecule has 1 aliphatic rings. The van der Waals surface area contributed by atoms with Crippen molar-refractivity contribution in [3.8, 4) is 0 Å². The van der Waals surface area contributed by atoms with Gasteiger partial charge in [0.1, 0.15) is 0 Å². The second-order valence-corrected chi connectivity index (χ2v) is 9.64. The highest BCUT2D eigenvalue weighted by Crippen LogP contribution is 2.26. The smallest absolute Gasteiger partial charge is 0.0271 e. The van der Waals surface area contributed by atoms with Gasteiger partial charge >= 0.3 is 0 Å². The number of hydrogen-bond donors (Lipinski definition) is 1. The molecule has 0 aliphatic carbocycles. The first-order chi connectivity index (χ1) is 17.3. The fourth-order valence-corrected chi connectivity index (χ4v) is 5.08. The maximum absolute atomic E-state index is 5.69. The van der Waals surface area contributed by atoms with Crippen LogP contribution in [0.25, 0.3) is 0 Å². The number of hydrogen-bond acceptors (Lipinski definition) is 5. The monoisotopic (exact) mass is 471 g/mol. The first-order valence-electron chi connectivity index (χ1n) is 13.2. The molecule has 1 aliphatic heterocycles. The second-order valence-electron chi connectivity index (χ2n) is 9.64. The highest BCUT2D eigenvalue weighted by molar-refractivity contribution is 5.33. The van der Waals surface area contributed by atoms with Crippen molar-refractivity contribution < 1.29 is 0 Å². The van der Waals surface area contributed by atoms with Crippen LogP contribution in [-0.4, -0.2) is 78.6 Å². The summed E-state index contributed by atoms with van der Waals surface area (Å²) >= 11 is 0. The van der Waals surface area contributed by atoms with Crippen LogP contribution in [0, 0.1) is 0 Å². The predicted octanol–water partition coefficient (Wildman–Crippen LogP) is 4.07. The molecule has 4 rings (SSSR count). The molecular weight excluding hydrogens is 430 g/mol. The van der Waals surface area contributed by atoms with Gasteiger partial charge in [-0.05, 0) is 67.8 Å². The van der Waals surface area contributed by atoms with Crippen LogP contribution in [0.4, 0.5) is 0 Å². The molecule has 3 aromatic rings. The van der Waals surface area contributed by atoms with Gasteiger partial charge in [-0.25, -0.2) is 0 Å². The van der Waals surface area contributed by atoms with Crippen molar-refractivity contribution in [2.45, 2.75) is 25.3 Å². The number of benzene rings is 2. The van der Waals surface area contributed by atoms with Crippen molar-refractivity contribution >= 4 is 0 Å². The van der Waals surface area contributed by atoms with Crippen LogP contribution in [0.2, 0.25) is 0 Å². The molecule has 1 fully saturated rings.